The van der Waals surface area contributed by atoms with Crippen LogP contribution in [0, 0.1) is 11.6 Å². The van der Waals surface area contributed by atoms with Crippen LogP contribution in [0.5, 0.6) is 0 Å². The lowest BCUT2D eigenvalue weighted by Crippen LogP contribution is -2.08. The van der Waals surface area contributed by atoms with E-state index in [1.165, 1.54) is 0 Å². The summed E-state index contributed by atoms with van der Waals surface area (Å²) in [6.07, 6.45) is 2.80. The van der Waals surface area contributed by atoms with E-state index in [9.17, 15) is 8.78 Å². The maximum absolute atomic E-state index is 13.2. The van der Waals surface area contributed by atoms with Gasteiger partial charge in [0.1, 0.15) is 5.69 Å². The molecular weight excluding hydrogens is 188 g/mol. The first-order valence-electron chi connectivity index (χ1n) is 4.50. The Bertz CT molecular complexity index is 315. The lowest BCUT2D eigenvalue weighted by Gasteiger charge is -2.07. The van der Waals surface area contributed by atoms with Crippen molar-refractivity contribution in [3.05, 3.63) is 17.8 Å². The number of anilines is 2. The van der Waals surface area contributed by atoms with Crippen molar-refractivity contribution in [1.82, 2.24) is 4.98 Å². The van der Waals surface area contributed by atoms with Gasteiger partial charge in [-0.2, -0.15) is 0 Å². The highest BCUT2D eigenvalue weighted by molar-refractivity contribution is 5.51. The van der Waals surface area contributed by atoms with E-state index in [4.69, 9.17) is 5.73 Å². The largest absolute Gasteiger partial charge is 0.394 e. The van der Waals surface area contributed by atoms with Gasteiger partial charge in [-0.3, -0.25) is 0 Å². The Hall–Kier alpha value is -1.39. The molecule has 5 heteroatoms. The molecule has 1 heterocycles. The van der Waals surface area contributed by atoms with E-state index in [1.807, 2.05) is 6.92 Å². The highest BCUT2D eigenvalue weighted by Crippen LogP contribution is 2.19. The molecule has 0 amide bonds. The fourth-order valence-corrected chi connectivity index (χ4v) is 0.987. The Morgan fingerprint density at radius 3 is 2.86 bits per heavy atom. The number of aromatic nitrogens is 1. The van der Waals surface area contributed by atoms with Gasteiger partial charge in [0.05, 0.1) is 6.20 Å². The average Bonchev–Trinajstić information content (AvgIpc) is 2.18. The van der Waals surface area contributed by atoms with Gasteiger partial charge in [-0.05, 0) is 6.42 Å². The van der Waals surface area contributed by atoms with Crippen molar-refractivity contribution in [2.24, 2.45) is 0 Å². The predicted octanol–water partition coefficient (Wildman–Crippen LogP) is 2.15. The van der Waals surface area contributed by atoms with Crippen molar-refractivity contribution >= 4 is 11.5 Å². The first-order chi connectivity index (χ1) is 6.66. The minimum Gasteiger partial charge on any atom is -0.394 e. The van der Waals surface area contributed by atoms with Gasteiger partial charge in [0, 0.05) is 6.54 Å². The van der Waals surface area contributed by atoms with Crippen molar-refractivity contribution in [2.45, 2.75) is 19.8 Å². The van der Waals surface area contributed by atoms with E-state index in [0.717, 1.165) is 19.0 Å². The van der Waals surface area contributed by atoms with Gasteiger partial charge in [0.2, 0.25) is 0 Å². The summed E-state index contributed by atoms with van der Waals surface area (Å²) >= 11 is 0. The molecule has 0 aromatic carbocycles. The zero-order valence-corrected chi connectivity index (χ0v) is 7.98. The number of halogens is 2. The second-order valence-electron chi connectivity index (χ2n) is 2.96. The molecule has 0 radical (unpaired) electrons. The topological polar surface area (TPSA) is 50.9 Å². The van der Waals surface area contributed by atoms with Gasteiger partial charge >= 0.3 is 0 Å². The molecule has 14 heavy (non-hydrogen) atoms. The summed E-state index contributed by atoms with van der Waals surface area (Å²) in [5.41, 5.74) is 4.67. The minimum atomic E-state index is -0.830. The summed E-state index contributed by atoms with van der Waals surface area (Å²) in [4.78, 5) is 3.57. The maximum Gasteiger partial charge on any atom is 0.191 e. The number of unbranched alkanes of at least 4 members (excludes halogenated alkanes) is 1. The third kappa shape index (κ3) is 2.31. The summed E-state index contributed by atoms with van der Waals surface area (Å²) in [6.45, 7) is 2.62. The van der Waals surface area contributed by atoms with Crippen LogP contribution >= 0.6 is 0 Å². The van der Waals surface area contributed by atoms with Crippen molar-refractivity contribution < 1.29 is 8.78 Å². The first kappa shape index (κ1) is 10.7. The molecule has 3 nitrogen and oxygen atoms in total. The Balaban J connectivity index is 2.73. The lowest BCUT2D eigenvalue weighted by atomic mass is 10.3. The van der Waals surface area contributed by atoms with Crippen LogP contribution in [-0.2, 0) is 0 Å². The van der Waals surface area contributed by atoms with Gasteiger partial charge in [0.15, 0.2) is 17.5 Å². The molecule has 0 saturated carbocycles. The van der Waals surface area contributed by atoms with Crippen molar-refractivity contribution in [3.8, 4) is 0 Å². The number of nitrogen functional groups attached to an aromatic ring is 1. The molecule has 0 aliphatic heterocycles. The Morgan fingerprint density at radius 2 is 2.21 bits per heavy atom. The van der Waals surface area contributed by atoms with Crippen LogP contribution in [-0.4, -0.2) is 11.5 Å². The normalized spacial score (nSPS) is 10.2. The Morgan fingerprint density at radius 1 is 1.50 bits per heavy atom. The molecule has 1 aromatic rings. The van der Waals surface area contributed by atoms with E-state index < -0.39 is 17.3 Å². The van der Waals surface area contributed by atoms with Crippen molar-refractivity contribution in [3.63, 3.8) is 0 Å². The highest BCUT2D eigenvalue weighted by atomic mass is 19.1. The molecule has 1 aromatic heterocycles. The van der Waals surface area contributed by atoms with E-state index >= 15 is 0 Å². The van der Waals surface area contributed by atoms with Crippen LogP contribution in [0.4, 0.5) is 20.3 Å². The highest BCUT2D eigenvalue weighted by Gasteiger charge is 2.11. The van der Waals surface area contributed by atoms with Gasteiger partial charge in [-0.1, -0.05) is 13.3 Å². The first-order valence-corrected chi connectivity index (χ1v) is 4.50. The molecular formula is C9H13F2N3. The summed E-state index contributed by atoms with van der Waals surface area (Å²) < 4.78 is 25.9. The summed E-state index contributed by atoms with van der Waals surface area (Å²) in [5, 5.41) is 2.75. The molecule has 0 aliphatic carbocycles. The molecule has 1 rings (SSSR count). The maximum atomic E-state index is 13.2. The number of nitrogens with one attached hydrogen (secondary N) is 1. The van der Waals surface area contributed by atoms with Crippen LogP contribution in [0.3, 0.4) is 0 Å². The van der Waals surface area contributed by atoms with E-state index in [2.05, 4.69) is 10.3 Å². The molecule has 0 saturated heterocycles. The van der Waals surface area contributed by atoms with Gasteiger partial charge < -0.3 is 11.1 Å². The zero-order chi connectivity index (χ0) is 10.6. The lowest BCUT2D eigenvalue weighted by molar-refractivity contribution is 0.583. The number of nitrogens with zero attached hydrogens (tertiary/aromatic N) is 1. The minimum absolute atomic E-state index is 0.0114. The van der Waals surface area contributed by atoms with E-state index in [1.54, 1.807) is 0 Å². The summed E-state index contributed by atoms with van der Waals surface area (Å²) in [6, 6.07) is 0. The number of nitrogens with two attached hydrogens (primary N) is 1. The average molecular weight is 201 g/mol. The summed E-state index contributed by atoms with van der Waals surface area (Å²) in [5.74, 6) is -1.64. The van der Waals surface area contributed by atoms with Gasteiger partial charge in [-0.15, -0.1) is 0 Å². The fourth-order valence-electron chi connectivity index (χ4n) is 0.987. The zero-order valence-electron chi connectivity index (χ0n) is 7.98. The summed E-state index contributed by atoms with van der Waals surface area (Å²) in [7, 11) is 0. The molecule has 0 atom stereocenters. The monoisotopic (exact) mass is 201 g/mol. The molecule has 3 N–H and O–H groups in total. The third-order valence-electron chi connectivity index (χ3n) is 1.83. The number of pyridine rings is 1. The van der Waals surface area contributed by atoms with Gasteiger partial charge in [0.25, 0.3) is 0 Å². The molecule has 0 unspecified atom stereocenters. The second-order valence-corrected chi connectivity index (χ2v) is 2.96. The van der Waals surface area contributed by atoms with E-state index in [-0.39, 0.29) is 5.82 Å². The number of rotatable bonds is 4. The fraction of sp³-hybridized carbons (Fsp3) is 0.444. The van der Waals surface area contributed by atoms with Crippen molar-refractivity contribution in [2.75, 3.05) is 17.6 Å². The predicted molar refractivity (Wildman–Crippen MR) is 52.0 cm³/mol. The van der Waals surface area contributed by atoms with Crippen LogP contribution in [0.25, 0.3) is 0 Å². The number of hydrogen-bond donors (Lipinski definition) is 2. The molecule has 0 spiro atoms. The molecule has 78 valence electrons. The second kappa shape index (κ2) is 4.74. The molecule has 0 bridgehead atoms. The van der Waals surface area contributed by atoms with Crippen LogP contribution in [0.15, 0.2) is 6.20 Å². The van der Waals surface area contributed by atoms with Crippen molar-refractivity contribution in [1.29, 1.82) is 0 Å². The SMILES string of the molecule is CCCCNc1ncc(F)c(N)c1F. The standard InChI is InChI=1S/C9H13F2N3/c1-2-3-4-13-9-7(11)8(12)6(10)5-14-9/h5H,2-4H2,1H3,(H3,12,13,14). The quantitative estimate of drug-likeness (QED) is 0.734. The molecule has 0 fully saturated rings. The number of hydrogen-bond acceptors (Lipinski definition) is 3. The third-order valence-corrected chi connectivity index (χ3v) is 1.83. The van der Waals surface area contributed by atoms with Crippen LogP contribution in [0.2, 0.25) is 0 Å². The smallest absolute Gasteiger partial charge is 0.191 e. The van der Waals surface area contributed by atoms with E-state index in [0.29, 0.717) is 6.54 Å². The van der Waals surface area contributed by atoms with Crippen LogP contribution in [0.1, 0.15) is 19.8 Å². The molecule has 0 aliphatic rings. The van der Waals surface area contributed by atoms with Gasteiger partial charge in [-0.25, -0.2) is 13.8 Å². The Labute approximate surface area is 81.3 Å². The van der Waals surface area contributed by atoms with Crippen LogP contribution < -0.4 is 11.1 Å². The Kier molecular flexibility index (Phi) is 3.62.